The minimum absolute atomic E-state index is 0.143. The van der Waals surface area contributed by atoms with Crippen molar-refractivity contribution >= 4 is 17.3 Å². The van der Waals surface area contributed by atoms with E-state index in [4.69, 9.17) is 5.26 Å². The zero-order chi connectivity index (χ0) is 16.1. The zero-order valence-corrected chi connectivity index (χ0v) is 13.0. The molecule has 4 heteroatoms. The van der Waals surface area contributed by atoms with E-state index in [1.165, 1.54) is 0 Å². The van der Waals surface area contributed by atoms with E-state index in [0.717, 1.165) is 16.8 Å². The fraction of sp³-hybridized carbons (Fsp3) is 0.222. The molecule has 22 heavy (non-hydrogen) atoms. The van der Waals surface area contributed by atoms with Crippen LogP contribution in [0.2, 0.25) is 0 Å². The lowest BCUT2D eigenvalue weighted by Gasteiger charge is -2.17. The third kappa shape index (κ3) is 3.86. The highest BCUT2D eigenvalue weighted by molar-refractivity contribution is 5.96. The van der Waals surface area contributed by atoms with Gasteiger partial charge in [-0.15, -0.1) is 0 Å². The highest BCUT2D eigenvalue weighted by Crippen LogP contribution is 2.18. The van der Waals surface area contributed by atoms with Crippen LogP contribution >= 0.6 is 0 Å². The minimum Gasteiger partial charge on any atom is -0.374 e. The van der Waals surface area contributed by atoms with Gasteiger partial charge in [0.1, 0.15) is 6.04 Å². The molecule has 1 atom stereocenters. The van der Waals surface area contributed by atoms with Crippen molar-refractivity contribution in [1.29, 1.82) is 5.26 Å². The molecule has 0 aliphatic heterocycles. The first-order chi connectivity index (χ1) is 10.5. The van der Waals surface area contributed by atoms with Gasteiger partial charge in [0.25, 0.3) is 0 Å². The standard InChI is InChI=1S/C18H19N3O/c1-12-7-8-13(2)17(9-12)20-14(3)18(22)21-16-6-4-5-15(10-16)11-19/h4-10,14,20H,1-3H3,(H,21,22). The normalized spacial score (nSPS) is 11.4. The molecule has 0 saturated heterocycles. The fourth-order valence-electron chi connectivity index (χ4n) is 2.11. The summed E-state index contributed by atoms with van der Waals surface area (Å²) in [7, 11) is 0. The van der Waals surface area contributed by atoms with Gasteiger partial charge < -0.3 is 10.6 Å². The Hall–Kier alpha value is -2.80. The average Bonchev–Trinajstić information content (AvgIpc) is 2.51. The number of aryl methyl sites for hydroxylation is 2. The maximum absolute atomic E-state index is 12.3. The van der Waals surface area contributed by atoms with E-state index in [1.807, 2.05) is 39.0 Å². The molecule has 0 saturated carbocycles. The van der Waals surface area contributed by atoms with Crippen LogP contribution in [0.15, 0.2) is 42.5 Å². The van der Waals surface area contributed by atoms with Crippen LogP contribution in [0.3, 0.4) is 0 Å². The molecule has 0 heterocycles. The van der Waals surface area contributed by atoms with Crippen molar-refractivity contribution in [3.8, 4) is 6.07 Å². The predicted molar refractivity (Wildman–Crippen MR) is 88.8 cm³/mol. The minimum atomic E-state index is -0.383. The molecule has 1 unspecified atom stereocenters. The Balaban J connectivity index is 2.06. The van der Waals surface area contributed by atoms with E-state index in [-0.39, 0.29) is 11.9 Å². The number of nitrogens with one attached hydrogen (secondary N) is 2. The monoisotopic (exact) mass is 293 g/mol. The quantitative estimate of drug-likeness (QED) is 0.905. The Kier molecular flexibility index (Phi) is 4.80. The Morgan fingerprint density at radius 1 is 1.18 bits per heavy atom. The Bertz CT molecular complexity index is 731. The van der Waals surface area contributed by atoms with Crippen molar-refractivity contribution in [2.45, 2.75) is 26.8 Å². The lowest BCUT2D eigenvalue weighted by Crippen LogP contribution is -2.32. The van der Waals surface area contributed by atoms with Crippen LogP contribution in [-0.4, -0.2) is 11.9 Å². The van der Waals surface area contributed by atoms with Gasteiger partial charge in [-0.05, 0) is 56.2 Å². The second-order valence-electron chi connectivity index (χ2n) is 5.37. The molecule has 2 aromatic rings. The molecule has 0 spiro atoms. The number of amides is 1. The Labute approximate surface area is 130 Å². The molecule has 0 aliphatic carbocycles. The van der Waals surface area contributed by atoms with Gasteiger partial charge in [0.05, 0.1) is 11.6 Å². The van der Waals surface area contributed by atoms with Crippen molar-refractivity contribution < 1.29 is 4.79 Å². The summed E-state index contributed by atoms with van der Waals surface area (Å²) < 4.78 is 0. The van der Waals surface area contributed by atoms with Gasteiger partial charge in [-0.2, -0.15) is 5.26 Å². The van der Waals surface area contributed by atoms with Crippen LogP contribution < -0.4 is 10.6 Å². The summed E-state index contributed by atoms with van der Waals surface area (Å²) in [6.07, 6.45) is 0. The van der Waals surface area contributed by atoms with Crippen molar-refractivity contribution in [2.75, 3.05) is 10.6 Å². The zero-order valence-electron chi connectivity index (χ0n) is 13.0. The first-order valence-corrected chi connectivity index (χ1v) is 7.14. The molecule has 112 valence electrons. The topological polar surface area (TPSA) is 64.9 Å². The molecular formula is C18H19N3O. The van der Waals surface area contributed by atoms with Crippen LogP contribution in [0.5, 0.6) is 0 Å². The maximum Gasteiger partial charge on any atom is 0.246 e. The second kappa shape index (κ2) is 6.77. The van der Waals surface area contributed by atoms with Crippen LogP contribution in [0.1, 0.15) is 23.6 Å². The van der Waals surface area contributed by atoms with Crippen LogP contribution in [-0.2, 0) is 4.79 Å². The Morgan fingerprint density at radius 3 is 2.68 bits per heavy atom. The second-order valence-corrected chi connectivity index (χ2v) is 5.37. The summed E-state index contributed by atoms with van der Waals surface area (Å²) in [6, 6.07) is 14.6. The largest absolute Gasteiger partial charge is 0.374 e. The summed E-state index contributed by atoms with van der Waals surface area (Å²) in [4.78, 5) is 12.3. The van der Waals surface area contributed by atoms with E-state index >= 15 is 0 Å². The molecule has 0 aromatic heterocycles. The third-order valence-electron chi connectivity index (χ3n) is 3.42. The molecular weight excluding hydrogens is 274 g/mol. The van der Waals surface area contributed by atoms with E-state index in [0.29, 0.717) is 11.3 Å². The first-order valence-electron chi connectivity index (χ1n) is 7.14. The van der Waals surface area contributed by atoms with Crippen molar-refractivity contribution in [3.63, 3.8) is 0 Å². The molecule has 2 aromatic carbocycles. The molecule has 0 aliphatic rings. The van der Waals surface area contributed by atoms with Gasteiger partial charge in [0, 0.05) is 11.4 Å². The lowest BCUT2D eigenvalue weighted by molar-refractivity contribution is -0.116. The van der Waals surface area contributed by atoms with Crippen molar-refractivity contribution in [1.82, 2.24) is 0 Å². The summed E-state index contributed by atoms with van der Waals surface area (Å²) in [5.74, 6) is -0.143. The van der Waals surface area contributed by atoms with Gasteiger partial charge in [0.2, 0.25) is 5.91 Å². The van der Waals surface area contributed by atoms with E-state index in [2.05, 4.69) is 16.7 Å². The van der Waals surface area contributed by atoms with E-state index in [9.17, 15) is 4.79 Å². The fourth-order valence-corrected chi connectivity index (χ4v) is 2.11. The molecule has 4 nitrogen and oxygen atoms in total. The third-order valence-corrected chi connectivity index (χ3v) is 3.42. The van der Waals surface area contributed by atoms with E-state index < -0.39 is 0 Å². The SMILES string of the molecule is Cc1ccc(C)c(NC(C)C(=O)Nc2cccc(C#N)c2)c1. The maximum atomic E-state index is 12.3. The molecule has 0 fully saturated rings. The highest BCUT2D eigenvalue weighted by atomic mass is 16.2. The van der Waals surface area contributed by atoms with Gasteiger partial charge in [0.15, 0.2) is 0 Å². The predicted octanol–water partition coefficient (Wildman–Crippen LogP) is 3.61. The van der Waals surface area contributed by atoms with Crippen molar-refractivity contribution in [3.05, 3.63) is 59.2 Å². The van der Waals surface area contributed by atoms with Gasteiger partial charge in [-0.25, -0.2) is 0 Å². The average molecular weight is 293 g/mol. The number of benzene rings is 2. The summed E-state index contributed by atoms with van der Waals surface area (Å²) in [5, 5.41) is 14.9. The molecule has 0 bridgehead atoms. The Morgan fingerprint density at radius 2 is 1.95 bits per heavy atom. The number of carbonyl (C=O) groups is 1. The number of nitrogens with zero attached hydrogens (tertiary/aromatic N) is 1. The van der Waals surface area contributed by atoms with Gasteiger partial charge in [-0.1, -0.05) is 18.2 Å². The van der Waals surface area contributed by atoms with E-state index in [1.54, 1.807) is 24.3 Å². The highest BCUT2D eigenvalue weighted by Gasteiger charge is 2.14. The number of nitriles is 1. The number of anilines is 2. The first kappa shape index (κ1) is 15.6. The van der Waals surface area contributed by atoms with Crippen LogP contribution in [0.4, 0.5) is 11.4 Å². The number of rotatable bonds is 4. The van der Waals surface area contributed by atoms with Crippen LogP contribution in [0, 0.1) is 25.2 Å². The number of hydrogen-bond donors (Lipinski definition) is 2. The molecule has 2 rings (SSSR count). The summed E-state index contributed by atoms with van der Waals surface area (Å²) in [5.41, 5.74) is 4.33. The van der Waals surface area contributed by atoms with Crippen LogP contribution in [0.25, 0.3) is 0 Å². The smallest absolute Gasteiger partial charge is 0.246 e. The summed E-state index contributed by atoms with van der Waals surface area (Å²) >= 11 is 0. The number of carbonyl (C=O) groups excluding carboxylic acids is 1. The summed E-state index contributed by atoms with van der Waals surface area (Å²) in [6.45, 7) is 5.83. The number of hydrogen-bond acceptors (Lipinski definition) is 3. The van der Waals surface area contributed by atoms with Gasteiger partial charge >= 0.3 is 0 Å². The lowest BCUT2D eigenvalue weighted by atomic mass is 10.1. The molecule has 1 amide bonds. The van der Waals surface area contributed by atoms with Crippen molar-refractivity contribution in [2.24, 2.45) is 0 Å². The molecule has 0 radical (unpaired) electrons. The van der Waals surface area contributed by atoms with Gasteiger partial charge in [-0.3, -0.25) is 4.79 Å². The molecule has 2 N–H and O–H groups in total.